The van der Waals surface area contributed by atoms with Gasteiger partial charge in [0.1, 0.15) is 0 Å². The van der Waals surface area contributed by atoms with Crippen molar-refractivity contribution in [1.82, 2.24) is 10.2 Å². The van der Waals surface area contributed by atoms with Crippen LogP contribution in [0.25, 0.3) is 0 Å². The van der Waals surface area contributed by atoms with Crippen LogP contribution in [0.4, 0.5) is 0 Å². The molecule has 4 rings (SSSR count). The lowest BCUT2D eigenvalue weighted by atomic mass is 9.86. The topological polar surface area (TPSA) is 33.7 Å². The predicted molar refractivity (Wildman–Crippen MR) is 80.1 cm³/mol. The minimum Gasteiger partial charge on any atom is -0.454 e. The van der Waals surface area contributed by atoms with E-state index < -0.39 is 0 Å². The van der Waals surface area contributed by atoms with Gasteiger partial charge < -0.3 is 14.8 Å². The van der Waals surface area contributed by atoms with E-state index in [1.807, 2.05) is 6.07 Å². The van der Waals surface area contributed by atoms with E-state index in [2.05, 4.69) is 32.2 Å². The normalized spacial score (nSPS) is 28.6. The SMILES string of the molecule is Brc1cc2c(cc1CN1CCC3(CCNC3)C1)OCO2. The van der Waals surface area contributed by atoms with Crippen LogP contribution < -0.4 is 14.8 Å². The molecule has 0 aliphatic carbocycles. The summed E-state index contributed by atoms with van der Waals surface area (Å²) in [6.45, 7) is 6.10. The fourth-order valence-electron chi connectivity index (χ4n) is 3.63. The number of hydrogen-bond acceptors (Lipinski definition) is 4. The summed E-state index contributed by atoms with van der Waals surface area (Å²) in [4.78, 5) is 2.56. The second kappa shape index (κ2) is 4.90. The number of rotatable bonds is 2. The molecule has 5 heteroatoms. The van der Waals surface area contributed by atoms with Crippen molar-refractivity contribution in [2.45, 2.75) is 19.4 Å². The molecule has 2 saturated heterocycles. The molecular formula is C15H19BrN2O2. The van der Waals surface area contributed by atoms with Crippen LogP contribution in [-0.2, 0) is 6.54 Å². The zero-order valence-corrected chi connectivity index (χ0v) is 13.0. The zero-order chi connectivity index (χ0) is 13.6. The molecular weight excluding hydrogens is 320 g/mol. The average Bonchev–Trinajstić information content (AvgIpc) is 3.14. The van der Waals surface area contributed by atoms with Crippen molar-refractivity contribution in [3.63, 3.8) is 0 Å². The molecule has 2 fully saturated rings. The second-order valence-corrected chi connectivity index (χ2v) is 7.04. The van der Waals surface area contributed by atoms with Gasteiger partial charge >= 0.3 is 0 Å². The smallest absolute Gasteiger partial charge is 0.231 e. The Labute approximate surface area is 127 Å². The van der Waals surface area contributed by atoms with E-state index in [0.717, 1.165) is 22.5 Å². The number of nitrogens with zero attached hydrogens (tertiary/aromatic N) is 1. The van der Waals surface area contributed by atoms with Crippen molar-refractivity contribution in [2.24, 2.45) is 5.41 Å². The molecule has 4 nitrogen and oxygen atoms in total. The Morgan fingerprint density at radius 2 is 2.10 bits per heavy atom. The first-order valence-corrected chi connectivity index (χ1v) is 8.05. The third-order valence-corrected chi connectivity index (χ3v) is 5.52. The standard InChI is InChI=1S/C15H19BrN2O2/c16-12-6-14-13(19-10-20-14)5-11(12)7-18-4-2-15(9-18)1-3-17-8-15/h5-6,17H,1-4,7-10H2. The number of halogens is 1. The Hall–Kier alpha value is -0.780. The monoisotopic (exact) mass is 338 g/mol. The predicted octanol–water partition coefficient (Wildman–Crippen LogP) is 2.36. The van der Waals surface area contributed by atoms with Gasteiger partial charge in [0.2, 0.25) is 6.79 Å². The summed E-state index contributed by atoms with van der Waals surface area (Å²) in [5.41, 5.74) is 1.82. The minimum absolute atomic E-state index is 0.337. The Morgan fingerprint density at radius 3 is 2.90 bits per heavy atom. The summed E-state index contributed by atoms with van der Waals surface area (Å²) in [6.07, 6.45) is 2.65. The van der Waals surface area contributed by atoms with E-state index >= 15 is 0 Å². The molecule has 3 heterocycles. The summed E-state index contributed by atoms with van der Waals surface area (Å²) >= 11 is 3.66. The molecule has 1 spiro atoms. The lowest BCUT2D eigenvalue weighted by Gasteiger charge is -2.23. The molecule has 1 unspecified atom stereocenters. The summed E-state index contributed by atoms with van der Waals surface area (Å²) in [5.74, 6) is 1.72. The highest BCUT2D eigenvalue weighted by atomic mass is 79.9. The van der Waals surface area contributed by atoms with E-state index in [9.17, 15) is 0 Å². The largest absolute Gasteiger partial charge is 0.454 e. The van der Waals surface area contributed by atoms with Gasteiger partial charge in [0.25, 0.3) is 0 Å². The molecule has 0 saturated carbocycles. The van der Waals surface area contributed by atoms with Crippen molar-refractivity contribution >= 4 is 15.9 Å². The molecule has 20 heavy (non-hydrogen) atoms. The molecule has 108 valence electrons. The Balaban J connectivity index is 1.50. The Kier molecular flexibility index (Phi) is 3.16. The van der Waals surface area contributed by atoms with Gasteiger partial charge in [0.05, 0.1) is 0 Å². The average molecular weight is 339 g/mol. The van der Waals surface area contributed by atoms with Crippen LogP contribution in [0.15, 0.2) is 16.6 Å². The van der Waals surface area contributed by atoms with E-state index in [1.165, 1.54) is 44.6 Å². The van der Waals surface area contributed by atoms with Crippen molar-refractivity contribution in [1.29, 1.82) is 0 Å². The maximum Gasteiger partial charge on any atom is 0.231 e. The fraction of sp³-hybridized carbons (Fsp3) is 0.600. The number of ether oxygens (including phenoxy) is 2. The first kappa shape index (κ1) is 12.9. The first-order chi connectivity index (χ1) is 9.74. The third-order valence-electron chi connectivity index (χ3n) is 4.79. The summed E-state index contributed by atoms with van der Waals surface area (Å²) in [6, 6.07) is 4.14. The molecule has 1 atom stereocenters. The van der Waals surface area contributed by atoms with Crippen LogP contribution in [0.5, 0.6) is 11.5 Å². The fourth-order valence-corrected chi connectivity index (χ4v) is 4.08. The third kappa shape index (κ3) is 2.22. The maximum atomic E-state index is 5.48. The van der Waals surface area contributed by atoms with Gasteiger partial charge in [0.15, 0.2) is 11.5 Å². The number of nitrogens with one attached hydrogen (secondary N) is 1. The van der Waals surface area contributed by atoms with Gasteiger partial charge in [-0.3, -0.25) is 4.90 Å². The van der Waals surface area contributed by atoms with Crippen LogP contribution in [0.2, 0.25) is 0 Å². The molecule has 0 amide bonds. The Bertz CT molecular complexity index is 529. The van der Waals surface area contributed by atoms with Crippen LogP contribution in [0.3, 0.4) is 0 Å². The number of fused-ring (bicyclic) bond motifs is 1. The molecule has 1 aromatic carbocycles. The van der Waals surface area contributed by atoms with Gasteiger partial charge in [-0.15, -0.1) is 0 Å². The molecule has 0 bridgehead atoms. The number of hydrogen-bond donors (Lipinski definition) is 1. The zero-order valence-electron chi connectivity index (χ0n) is 11.5. The highest BCUT2D eigenvalue weighted by molar-refractivity contribution is 9.10. The maximum absolute atomic E-state index is 5.48. The lowest BCUT2D eigenvalue weighted by Crippen LogP contribution is -2.29. The van der Waals surface area contributed by atoms with E-state index in [-0.39, 0.29) is 0 Å². The molecule has 3 aliphatic rings. The highest BCUT2D eigenvalue weighted by Gasteiger charge is 2.40. The van der Waals surface area contributed by atoms with Gasteiger partial charge in [-0.2, -0.15) is 0 Å². The summed E-state index contributed by atoms with van der Waals surface area (Å²) in [7, 11) is 0. The van der Waals surface area contributed by atoms with Gasteiger partial charge in [-0.1, -0.05) is 15.9 Å². The van der Waals surface area contributed by atoms with Gasteiger partial charge in [0, 0.05) is 24.1 Å². The van der Waals surface area contributed by atoms with E-state index in [0.29, 0.717) is 12.2 Å². The molecule has 1 aromatic rings. The van der Waals surface area contributed by atoms with Crippen molar-refractivity contribution in [3.05, 3.63) is 22.2 Å². The summed E-state index contributed by atoms with van der Waals surface area (Å²) < 4.78 is 12.0. The van der Waals surface area contributed by atoms with E-state index in [1.54, 1.807) is 0 Å². The summed E-state index contributed by atoms with van der Waals surface area (Å²) in [5, 5.41) is 3.51. The molecule has 0 aromatic heterocycles. The van der Waals surface area contributed by atoms with Crippen LogP contribution in [0.1, 0.15) is 18.4 Å². The van der Waals surface area contributed by atoms with Crippen molar-refractivity contribution in [3.8, 4) is 11.5 Å². The second-order valence-electron chi connectivity index (χ2n) is 6.18. The number of benzene rings is 1. The van der Waals surface area contributed by atoms with Crippen LogP contribution in [0, 0.1) is 5.41 Å². The quantitative estimate of drug-likeness (QED) is 0.897. The minimum atomic E-state index is 0.337. The molecule has 1 N–H and O–H groups in total. The van der Waals surface area contributed by atoms with Crippen LogP contribution in [-0.4, -0.2) is 37.9 Å². The molecule has 3 aliphatic heterocycles. The van der Waals surface area contributed by atoms with Gasteiger partial charge in [-0.25, -0.2) is 0 Å². The van der Waals surface area contributed by atoms with Crippen molar-refractivity contribution in [2.75, 3.05) is 33.0 Å². The van der Waals surface area contributed by atoms with E-state index in [4.69, 9.17) is 9.47 Å². The highest BCUT2D eigenvalue weighted by Crippen LogP contribution is 2.40. The van der Waals surface area contributed by atoms with Crippen molar-refractivity contribution < 1.29 is 9.47 Å². The van der Waals surface area contributed by atoms with Gasteiger partial charge in [-0.05, 0) is 49.0 Å². The first-order valence-electron chi connectivity index (χ1n) is 7.25. The number of likely N-dealkylation sites (tertiary alicyclic amines) is 1. The van der Waals surface area contributed by atoms with Crippen LogP contribution >= 0.6 is 15.9 Å². The Morgan fingerprint density at radius 1 is 1.25 bits per heavy atom. The molecule has 0 radical (unpaired) electrons. The lowest BCUT2D eigenvalue weighted by molar-refractivity contribution is 0.174.